The van der Waals surface area contributed by atoms with Crippen molar-refractivity contribution in [2.24, 2.45) is 10.2 Å². The lowest BCUT2D eigenvalue weighted by Gasteiger charge is -2.26. The first-order chi connectivity index (χ1) is 7.18. The standard InChI is InChI=1S/C10H11N3O2/c1-7-2-4-8(5-3-7)13-9(14)6-11-12-10(13)15/h2-5,9,14H,6H2,1H3. The molecule has 0 aromatic heterocycles. The van der Waals surface area contributed by atoms with Crippen LogP contribution in [-0.2, 0) is 0 Å². The van der Waals surface area contributed by atoms with Crippen LogP contribution in [0.15, 0.2) is 34.5 Å². The van der Waals surface area contributed by atoms with Crippen LogP contribution in [0, 0.1) is 6.92 Å². The van der Waals surface area contributed by atoms with Crippen molar-refractivity contribution in [3.05, 3.63) is 29.8 Å². The molecule has 1 aliphatic heterocycles. The van der Waals surface area contributed by atoms with Gasteiger partial charge < -0.3 is 5.11 Å². The Hall–Kier alpha value is -1.75. The van der Waals surface area contributed by atoms with Gasteiger partial charge in [-0.3, -0.25) is 4.90 Å². The van der Waals surface area contributed by atoms with Gasteiger partial charge in [0.05, 0.1) is 0 Å². The summed E-state index contributed by atoms with van der Waals surface area (Å²) < 4.78 is 0. The summed E-state index contributed by atoms with van der Waals surface area (Å²) in [6.45, 7) is 2.08. The number of aliphatic hydroxyl groups is 1. The van der Waals surface area contributed by atoms with E-state index in [0.29, 0.717) is 5.69 Å². The molecule has 1 aliphatic rings. The number of carbonyl (C=O) groups is 1. The van der Waals surface area contributed by atoms with E-state index in [2.05, 4.69) is 10.2 Å². The first kappa shape index (κ1) is 9.79. The molecule has 78 valence electrons. The highest BCUT2D eigenvalue weighted by Crippen LogP contribution is 2.20. The van der Waals surface area contributed by atoms with Crippen LogP contribution < -0.4 is 4.90 Å². The van der Waals surface area contributed by atoms with E-state index in [1.54, 1.807) is 12.1 Å². The second kappa shape index (κ2) is 3.78. The van der Waals surface area contributed by atoms with Gasteiger partial charge in [0.2, 0.25) is 0 Å². The fraction of sp³-hybridized carbons (Fsp3) is 0.300. The zero-order chi connectivity index (χ0) is 10.8. The van der Waals surface area contributed by atoms with Gasteiger partial charge in [0.15, 0.2) is 6.23 Å². The van der Waals surface area contributed by atoms with E-state index in [1.807, 2.05) is 19.1 Å². The highest BCUT2D eigenvalue weighted by molar-refractivity contribution is 5.93. The predicted octanol–water partition coefficient (Wildman–Crippen LogP) is 1.71. The van der Waals surface area contributed by atoms with Crippen molar-refractivity contribution in [1.82, 2.24) is 0 Å². The number of amides is 2. The molecule has 0 aliphatic carbocycles. The highest BCUT2D eigenvalue weighted by atomic mass is 16.3. The Kier molecular flexibility index (Phi) is 2.47. The third kappa shape index (κ3) is 1.87. The maximum absolute atomic E-state index is 11.4. The smallest absolute Gasteiger partial charge is 0.368 e. The molecule has 0 saturated heterocycles. The number of azo groups is 1. The molecule has 0 bridgehead atoms. The molecule has 0 spiro atoms. The zero-order valence-electron chi connectivity index (χ0n) is 8.29. The van der Waals surface area contributed by atoms with E-state index in [1.165, 1.54) is 4.90 Å². The molecule has 1 aromatic rings. The molecule has 2 amide bonds. The molecule has 1 heterocycles. The quantitative estimate of drug-likeness (QED) is 0.758. The Bertz CT molecular complexity index is 400. The molecule has 5 nitrogen and oxygen atoms in total. The normalized spacial score (nSPS) is 20.8. The third-order valence-corrected chi connectivity index (χ3v) is 2.22. The van der Waals surface area contributed by atoms with Crippen molar-refractivity contribution in [2.75, 3.05) is 11.4 Å². The summed E-state index contributed by atoms with van der Waals surface area (Å²) in [7, 11) is 0. The Balaban J connectivity index is 2.33. The van der Waals surface area contributed by atoms with Crippen LogP contribution in [0.4, 0.5) is 10.5 Å². The van der Waals surface area contributed by atoms with Crippen LogP contribution in [0.1, 0.15) is 5.56 Å². The predicted molar refractivity (Wildman–Crippen MR) is 54.8 cm³/mol. The van der Waals surface area contributed by atoms with E-state index in [0.717, 1.165) is 5.56 Å². The number of urea groups is 1. The number of anilines is 1. The molecule has 1 unspecified atom stereocenters. The number of hydrogen-bond donors (Lipinski definition) is 1. The lowest BCUT2D eigenvalue weighted by molar-refractivity contribution is 0.167. The Morgan fingerprint density at radius 2 is 2.07 bits per heavy atom. The average Bonchev–Trinajstić information content (AvgIpc) is 2.20. The van der Waals surface area contributed by atoms with Gasteiger partial charge in [-0.25, -0.2) is 4.79 Å². The van der Waals surface area contributed by atoms with Crippen molar-refractivity contribution in [1.29, 1.82) is 0 Å². The molecule has 0 radical (unpaired) electrons. The summed E-state index contributed by atoms with van der Waals surface area (Å²) in [5.74, 6) is 0. The fourth-order valence-corrected chi connectivity index (χ4v) is 1.42. The summed E-state index contributed by atoms with van der Waals surface area (Å²) >= 11 is 0. The third-order valence-electron chi connectivity index (χ3n) is 2.22. The molecule has 0 fully saturated rings. The number of carbonyl (C=O) groups excluding carboxylic acids is 1. The second-order valence-corrected chi connectivity index (χ2v) is 3.39. The first-order valence-electron chi connectivity index (χ1n) is 4.64. The fourth-order valence-electron chi connectivity index (χ4n) is 1.42. The van der Waals surface area contributed by atoms with Gasteiger partial charge in [-0.15, -0.1) is 0 Å². The van der Waals surface area contributed by atoms with Crippen LogP contribution in [0.2, 0.25) is 0 Å². The largest absolute Gasteiger partial charge is 0.371 e. The molecule has 1 aromatic carbocycles. The van der Waals surface area contributed by atoms with Crippen LogP contribution in [0.3, 0.4) is 0 Å². The van der Waals surface area contributed by atoms with Gasteiger partial charge in [0.1, 0.15) is 6.54 Å². The maximum atomic E-state index is 11.4. The van der Waals surface area contributed by atoms with Crippen molar-refractivity contribution < 1.29 is 9.90 Å². The Morgan fingerprint density at radius 1 is 1.40 bits per heavy atom. The number of aliphatic hydroxyl groups excluding tert-OH is 1. The number of rotatable bonds is 1. The number of nitrogens with zero attached hydrogens (tertiary/aromatic N) is 3. The average molecular weight is 205 g/mol. The van der Waals surface area contributed by atoms with Gasteiger partial charge in [-0.2, -0.15) is 5.11 Å². The monoisotopic (exact) mass is 205 g/mol. The van der Waals surface area contributed by atoms with Crippen molar-refractivity contribution in [2.45, 2.75) is 13.2 Å². The second-order valence-electron chi connectivity index (χ2n) is 3.39. The molecular weight excluding hydrogens is 194 g/mol. The van der Waals surface area contributed by atoms with Gasteiger partial charge in [-0.05, 0) is 19.1 Å². The van der Waals surface area contributed by atoms with Gasteiger partial charge in [0, 0.05) is 5.69 Å². The first-order valence-corrected chi connectivity index (χ1v) is 4.64. The van der Waals surface area contributed by atoms with E-state index >= 15 is 0 Å². The minimum absolute atomic E-state index is 0.125. The van der Waals surface area contributed by atoms with Crippen LogP contribution in [-0.4, -0.2) is 23.9 Å². The zero-order valence-corrected chi connectivity index (χ0v) is 8.29. The molecule has 15 heavy (non-hydrogen) atoms. The molecule has 1 atom stereocenters. The number of hydrogen-bond acceptors (Lipinski definition) is 3. The van der Waals surface area contributed by atoms with E-state index in [-0.39, 0.29) is 6.54 Å². The SMILES string of the molecule is Cc1ccc(N2C(=O)N=NCC2O)cc1. The van der Waals surface area contributed by atoms with Crippen LogP contribution in [0.5, 0.6) is 0 Å². The van der Waals surface area contributed by atoms with E-state index in [4.69, 9.17) is 0 Å². The van der Waals surface area contributed by atoms with Gasteiger partial charge >= 0.3 is 6.03 Å². The summed E-state index contributed by atoms with van der Waals surface area (Å²) in [5.41, 5.74) is 1.73. The molecular formula is C10H11N3O2. The minimum atomic E-state index is -0.919. The minimum Gasteiger partial charge on any atom is -0.371 e. The molecule has 2 rings (SSSR count). The topological polar surface area (TPSA) is 65.3 Å². The molecule has 0 saturated carbocycles. The maximum Gasteiger partial charge on any atom is 0.368 e. The van der Waals surface area contributed by atoms with E-state index < -0.39 is 12.3 Å². The van der Waals surface area contributed by atoms with Crippen molar-refractivity contribution in [3.8, 4) is 0 Å². The summed E-state index contributed by atoms with van der Waals surface area (Å²) in [6.07, 6.45) is -0.919. The van der Waals surface area contributed by atoms with Crippen LogP contribution in [0.25, 0.3) is 0 Å². The number of benzene rings is 1. The lowest BCUT2D eigenvalue weighted by atomic mass is 10.2. The Morgan fingerprint density at radius 3 is 2.67 bits per heavy atom. The van der Waals surface area contributed by atoms with Crippen molar-refractivity contribution in [3.63, 3.8) is 0 Å². The van der Waals surface area contributed by atoms with Gasteiger partial charge in [0.25, 0.3) is 0 Å². The lowest BCUT2D eigenvalue weighted by Crippen LogP contribution is -2.43. The Labute approximate surface area is 87.0 Å². The molecule has 1 N–H and O–H groups in total. The highest BCUT2D eigenvalue weighted by Gasteiger charge is 2.26. The summed E-state index contributed by atoms with van der Waals surface area (Å²) in [6, 6.07) is 6.77. The summed E-state index contributed by atoms with van der Waals surface area (Å²) in [5, 5.41) is 16.5. The van der Waals surface area contributed by atoms with Crippen LogP contribution >= 0.6 is 0 Å². The van der Waals surface area contributed by atoms with Gasteiger partial charge in [-0.1, -0.05) is 22.8 Å². The number of aryl methyl sites for hydroxylation is 1. The van der Waals surface area contributed by atoms with E-state index in [9.17, 15) is 9.90 Å². The summed E-state index contributed by atoms with van der Waals surface area (Å²) in [4.78, 5) is 12.6. The van der Waals surface area contributed by atoms with Crippen molar-refractivity contribution >= 4 is 11.7 Å². The molecule has 5 heteroatoms.